The summed E-state index contributed by atoms with van der Waals surface area (Å²) in [5.41, 5.74) is 2.38. The van der Waals surface area contributed by atoms with Gasteiger partial charge in [-0.05, 0) is 68.4 Å². The average Bonchev–Trinajstić information content (AvgIpc) is 3.28. The zero-order valence-corrected chi connectivity index (χ0v) is 19.8. The molecule has 2 heterocycles. The lowest BCUT2D eigenvalue weighted by atomic mass is 10.1. The third kappa shape index (κ3) is 4.24. The Balaban J connectivity index is 1.41. The molecule has 1 amide bonds. The van der Waals surface area contributed by atoms with Crippen LogP contribution in [0.2, 0.25) is 0 Å². The van der Waals surface area contributed by atoms with Gasteiger partial charge in [-0.25, -0.2) is 0 Å². The summed E-state index contributed by atoms with van der Waals surface area (Å²) >= 11 is 1.57. The summed E-state index contributed by atoms with van der Waals surface area (Å²) in [5.74, 6) is 2.28. The molecule has 4 aromatic rings. The van der Waals surface area contributed by atoms with E-state index in [1.807, 2.05) is 85.5 Å². The van der Waals surface area contributed by atoms with E-state index < -0.39 is 0 Å². The number of carbonyl (C=O) groups is 1. The van der Waals surface area contributed by atoms with Crippen LogP contribution in [0.25, 0.3) is 11.4 Å². The van der Waals surface area contributed by atoms with Crippen LogP contribution in [0, 0.1) is 0 Å². The third-order valence-corrected chi connectivity index (χ3v) is 6.56. The van der Waals surface area contributed by atoms with Gasteiger partial charge < -0.3 is 18.9 Å². The second-order valence-corrected chi connectivity index (χ2v) is 9.11. The van der Waals surface area contributed by atoms with Crippen molar-refractivity contribution in [3.63, 3.8) is 0 Å². The van der Waals surface area contributed by atoms with Crippen molar-refractivity contribution in [2.24, 2.45) is 0 Å². The van der Waals surface area contributed by atoms with Gasteiger partial charge in [0.2, 0.25) is 5.82 Å². The largest absolute Gasteiger partial charge is 0.497 e. The second-order valence-electron chi connectivity index (χ2n) is 8.03. The van der Waals surface area contributed by atoms with Crippen molar-refractivity contribution >= 4 is 23.4 Å². The van der Waals surface area contributed by atoms with E-state index >= 15 is 0 Å². The summed E-state index contributed by atoms with van der Waals surface area (Å²) in [7, 11) is 1.62. The summed E-state index contributed by atoms with van der Waals surface area (Å²) in [6, 6.07) is 20.9. The molecule has 0 atom stereocenters. The van der Waals surface area contributed by atoms with E-state index in [2.05, 4.69) is 10.1 Å². The maximum Gasteiger partial charge on any atom is 0.264 e. The second kappa shape index (κ2) is 9.23. The SMILES string of the molecule is COc1ccc(OCc2nc(-c3ccc4c(c3)Sc3ccccc3C(=O)N4C(C)C)no2)cc1. The van der Waals surface area contributed by atoms with Gasteiger partial charge in [0.15, 0.2) is 6.61 Å². The zero-order chi connectivity index (χ0) is 23.7. The van der Waals surface area contributed by atoms with Gasteiger partial charge in [-0.1, -0.05) is 29.1 Å². The van der Waals surface area contributed by atoms with Crippen molar-refractivity contribution in [2.75, 3.05) is 12.0 Å². The van der Waals surface area contributed by atoms with Gasteiger partial charge in [0, 0.05) is 21.4 Å². The Morgan fingerprint density at radius 3 is 2.53 bits per heavy atom. The molecule has 0 fully saturated rings. The molecule has 0 saturated carbocycles. The van der Waals surface area contributed by atoms with Crippen molar-refractivity contribution in [2.45, 2.75) is 36.3 Å². The van der Waals surface area contributed by atoms with Crippen molar-refractivity contribution in [3.05, 3.63) is 78.2 Å². The molecular formula is C26H23N3O4S. The normalized spacial score (nSPS) is 12.8. The molecule has 5 rings (SSSR count). The number of hydrogen-bond acceptors (Lipinski definition) is 7. The number of anilines is 1. The first kappa shape index (κ1) is 22.0. The van der Waals surface area contributed by atoms with Crippen LogP contribution in [0.5, 0.6) is 11.5 Å². The molecule has 34 heavy (non-hydrogen) atoms. The van der Waals surface area contributed by atoms with Crippen LogP contribution >= 0.6 is 11.8 Å². The van der Waals surface area contributed by atoms with Crippen molar-refractivity contribution in [3.8, 4) is 22.9 Å². The molecule has 0 radical (unpaired) electrons. The first-order chi connectivity index (χ1) is 16.5. The number of amides is 1. The molecule has 1 aliphatic rings. The lowest BCUT2D eigenvalue weighted by molar-refractivity contribution is 0.0977. The highest BCUT2D eigenvalue weighted by Crippen LogP contribution is 2.43. The number of ether oxygens (including phenoxy) is 2. The van der Waals surface area contributed by atoms with Gasteiger partial charge in [0.25, 0.3) is 11.8 Å². The van der Waals surface area contributed by atoms with Crippen LogP contribution in [0.15, 0.2) is 81.0 Å². The fourth-order valence-corrected chi connectivity index (χ4v) is 4.89. The average molecular weight is 474 g/mol. The predicted octanol–water partition coefficient (Wildman–Crippen LogP) is 5.84. The summed E-state index contributed by atoms with van der Waals surface area (Å²) in [5, 5.41) is 4.14. The van der Waals surface area contributed by atoms with Crippen LogP contribution in [0.4, 0.5) is 5.69 Å². The maximum atomic E-state index is 13.3. The smallest absolute Gasteiger partial charge is 0.264 e. The molecule has 172 valence electrons. The topological polar surface area (TPSA) is 77.7 Å². The minimum atomic E-state index is 0.00197. The summed E-state index contributed by atoms with van der Waals surface area (Å²) in [6.45, 7) is 4.19. The quantitative estimate of drug-likeness (QED) is 0.348. The minimum absolute atomic E-state index is 0.00197. The van der Waals surface area contributed by atoms with Gasteiger partial charge in [0.05, 0.1) is 18.4 Å². The van der Waals surface area contributed by atoms with E-state index in [9.17, 15) is 4.79 Å². The van der Waals surface area contributed by atoms with Gasteiger partial charge in [-0.2, -0.15) is 4.98 Å². The van der Waals surface area contributed by atoms with E-state index in [1.165, 1.54) is 0 Å². The third-order valence-electron chi connectivity index (χ3n) is 5.44. The zero-order valence-electron chi connectivity index (χ0n) is 19.0. The number of fused-ring (bicyclic) bond motifs is 2. The number of nitrogens with zero attached hydrogens (tertiary/aromatic N) is 3. The van der Waals surface area contributed by atoms with Gasteiger partial charge in [-0.15, -0.1) is 0 Å². The highest BCUT2D eigenvalue weighted by atomic mass is 32.2. The lowest BCUT2D eigenvalue weighted by Crippen LogP contribution is -2.36. The first-order valence-corrected chi connectivity index (χ1v) is 11.7. The molecule has 0 spiro atoms. The molecule has 0 unspecified atom stereocenters. The highest BCUT2D eigenvalue weighted by Gasteiger charge is 2.29. The maximum absolute atomic E-state index is 13.3. The summed E-state index contributed by atoms with van der Waals surface area (Å²) < 4.78 is 16.3. The number of hydrogen-bond donors (Lipinski definition) is 0. The van der Waals surface area contributed by atoms with Crippen LogP contribution in [0.3, 0.4) is 0 Å². The number of methoxy groups -OCH3 is 1. The molecule has 0 aliphatic carbocycles. The number of rotatable bonds is 6. The Morgan fingerprint density at radius 1 is 1.00 bits per heavy atom. The number of benzene rings is 3. The molecule has 0 bridgehead atoms. The molecule has 1 aromatic heterocycles. The Morgan fingerprint density at radius 2 is 1.76 bits per heavy atom. The standard InChI is InChI=1S/C26H23N3O4S/c1-16(2)29-21-13-8-17(14-23(21)34-22-7-5-4-6-20(22)26(29)30)25-27-24(33-28-25)15-32-19-11-9-18(31-3)10-12-19/h4-14,16H,15H2,1-3H3. The fraction of sp³-hybridized carbons (Fsp3) is 0.192. The molecule has 8 heteroatoms. The molecule has 3 aromatic carbocycles. The molecular weight excluding hydrogens is 450 g/mol. The van der Waals surface area contributed by atoms with Gasteiger partial charge >= 0.3 is 0 Å². The predicted molar refractivity (Wildman–Crippen MR) is 130 cm³/mol. The van der Waals surface area contributed by atoms with Crippen molar-refractivity contribution in [1.29, 1.82) is 0 Å². The van der Waals surface area contributed by atoms with Gasteiger partial charge in [0.1, 0.15) is 11.5 Å². The van der Waals surface area contributed by atoms with Crippen molar-refractivity contribution < 1.29 is 18.8 Å². The highest BCUT2D eigenvalue weighted by molar-refractivity contribution is 7.99. The first-order valence-electron chi connectivity index (χ1n) is 10.9. The summed E-state index contributed by atoms with van der Waals surface area (Å²) in [4.78, 5) is 21.5. The molecule has 0 N–H and O–H groups in total. The number of carbonyl (C=O) groups excluding carboxylic acids is 1. The van der Waals surface area contributed by atoms with Crippen LogP contribution < -0.4 is 14.4 Å². The van der Waals surface area contributed by atoms with Crippen molar-refractivity contribution in [1.82, 2.24) is 10.1 Å². The monoisotopic (exact) mass is 473 g/mol. The van der Waals surface area contributed by atoms with E-state index in [4.69, 9.17) is 14.0 Å². The Kier molecular flexibility index (Phi) is 5.98. The molecule has 1 aliphatic heterocycles. The Labute approximate surface area is 201 Å². The Bertz CT molecular complexity index is 1330. The lowest BCUT2D eigenvalue weighted by Gasteiger charge is -2.27. The van der Waals surface area contributed by atoms with E-state index in [1.54, 1.807) is 18.9 Å². The molecule has 0 saturated heterocycles. The van der Waals surface area contributed by atoms with Gasteiger partial charge in [-0.3, -0.25) is 4.79 Å². The van der Waals surface area contributed by atoms with Crippen LogP contribution in [0.1, 0.15) is 30.1 Å². The van der Waals surface area contributed by atoms with E-state index in [0.717, 1.165) is 26.8 Å². The Hall–Kier alpha value is -3.78. The van der Waals surface area contributed by atoms with E-state index in [0.29, 0.717) is 23.0 Å². The minimum Gasteiger partial charge on any atom is -0.497 e. The van der Waals surface area contributed by atoms with E-state index in [-0.39, 0.29) is 18.6 Å². The number of aromatic nitrogens is 2. The fourth-order valence-electron chi connectivity index (χ4n) is 3.78. The summed E-state index contributed by atoms with van der Waals surface area (Å²) in [6.07, 6.45) is 0. The van der Waals surface area contributed by atoms with Crippen LogP contribution in [-0.4, -0.2) is 29.2 Å². The molecule has 7 nitrogen and oxygen atoms in total. The van der Waals surface area contributed by atoms with Crippen LogP contribution in [-0.2, 0) is 6.61 Å².